The highest BCUT2D eigenvalue weighted by atomic mass is 19.1. The molecule has 1 aliphatic rings. The van der Waals surface area contributed by atoms with Gasteiger partial charge < -0.3 is 19.6 Å². The Balaban J connectivity index is 2.11. The lowest BCUT2D eigenvalue weighted by Gasteiger charge is -2.28. The number of nitrogens with one attached hydrogen (secondary N) is 1. The molecule has 1 aromatic rings. The zero-order chi connectivity index (χ0) is 21.2. The van der Waals surface area contributed by atoms with Crippen molar-refractivity contribution in [1.82, 2.24) is 10.3 Å². The normalized spacial score (nSPS) is 16.0. The molecule has 0 atom stereocenters. The molecule has 0 spiro atoms. The van der Waals surface area contributed by atoms with Crippen LogP contribution in [0.3, 0.4) is 0 Å². The van der Waals surface area contributed by atoms with Gasteiger partial charge in [0.05, 0.1) is 19.4 Å². The fourth-order valence-corrected chi connectivity index (χ4v) is 2.92. The number of phenols is 1. The van der Waals surface area contributed by atoms with E-state index in [1.165, 1.54) is 13.1 Å². The molecule has 0 bridgehead atoms. The number of nitrogens with zero attached hydrogens (tertiary/aromatic N) is 5. The summed E-state index contributed by atoms with van der Waals surface area (Å²) in [5.41, 5.74) is 4.11. The summed E-state index contributed by atoms with van der Waals surface area (Å²) < 4.78 is 19.3. The van der Waals surface area contributed by atoms with Crippen molar-refractivity contribution < 1.29 is 14.2 Å². The van der Waals surface area contributed by atoms with Crippen LogP contribution in [0.25, 0.3) is 0 Å². The van der Waals surface area contributed by atoms with Crippen molar-refractivity contribution in [3.63, 3.8) is 0 Å². The molecule has 0 aromatic heterocycles. The number of aliphatic imine (C=N–C) groups is 2. The first kappa shape index (κ1) is 22.4. The molecule has 0 radical (unpaired) electrons. The van der Waals surface area contributed by atoms with E-state index in [1.54, 1.807) is 17.0 Å². The summed E-state index contributed by atoms with van der Waals surface area (Å²) in [6.07, 6.45) is 1.45. The molecule has 158 valence electrons. The van der Waals surface area contributed by atoms with Gasteiger partial charge in [0.25, 0.3) is 0 Å². The van der Waals surface area contributed by atoms with Crippen LogP contribution in [0, 0.1) is 0 Å². The maximum absolute atomic E-state index is 14.0. The molecule has 1 heterocycles. The zero-order valence-corrected chi connectivity index (χ0v) is 17.2. The molecule has 2 N–H and O–H groups in total. The first-order valence-corrected chi connectivity index (χ1v) is 9.61. The number of hydrazone groups is 1. The molecule has 0 aliphatic carbocycles. The van der Waals surface area contributed by atoms with Crippen molar-refractivity contribution in [3.05, 3.63) is 35.4 Å². The van der Waals surface area contributed by atoms with Gasteiger partial charge in [0.1, 0.15) is 11.6 Å². The Morgan fingerprint density at radius 3 is 2.59 bits per heavy atom. The Bertz CT molecular complexity index is 779. The number of halogens is 1. The van der Waals surface area contributed by atoms with E-state index in [4.69, 9.17) is 4.74 Å². The number of guanidine groups is 1. The van der Waals surface area contributed by atoms with Crippen LogP contribution >= 0.6 is 0 Å². The molecule has 8 nitrogen and oxygen atoms in total. The number of hydrogen-bond donors (Lipinski definition) is 2. The third kappa shape index (κ3) is 6.28. The van der Waals surface area contributed by atoms with E-state index >= 15 is 0 Å². The van der Waals surface area contributed by atoms with E-state index in [-0.39, 0.29) is 17.5 Å². The first-order chi connectivity index (χ1) is 14.0. The molecular weight excluding hydrogens is 375 g/mol. The molecule has 1 aliphatic heterocycles. The maximum atomic E-state index is 14.0. The maximum Gasteiger partial charge on any atom is 0.244 e. The van der Waals surface area contributed by atoms with Gasteiger partial charge in [-0.15, -0.1) is 0 Å². The van der Waals surface area contributed by atoms with E-state index in [2.05, 4.69) is 46.0 Å². The number of aromatic hydroxyl groups is 1. The van der Waals surface area contributed by atoms with E-state index < -0.39 is 5.83 Å². The Morgan fingerprint density at radius 2 is 2.03 bits per heavy atom. The van der Waals surface area contributed by atoms with Crippen molar-refractivity contribution in [2.75, 3.05) is 44.3 Å². The van der Waals surface area contributed by atoms with Gasteiger partial charge in [0.2, 0.25) is 5.96 Å². The minimum atomic E-state index is -0.427. The van der Waals surface area contributed by atoms with Crippen LogP contribution in [0.1, 0.15) is 26.3 Å². The number of rotatable bonds is 7. The van der Waals surface area contributed by atoms with Crippen LogP contribution in [0.5, 0.6) is 5.75 Å². The van der Waals surface area contributed by atoms with Crippen molar-refractivity contribution in [2.24, 2.45) is 15.1 Å². The number of anilines is 1. The Labute approximate surface area is 171 Å². The molecular formula is C20H29FN6O2. The SMILES string of the molecule is C=NC(=N/C(=C(\C)F)N1CCOCC1)N/N=C\c1ccc(N(CC)CC)cc1O. The molecule has 29 heavy (non-hydrogen) atoms. The average molecular weight is 404 g/mol. The van der Waals surface area contributed by atoms with Crippen LogP contribution < -0.4 is 10.3 Å². The largest absolute Gasteiger partial charge is 0.507 e. The lowest BCUT2D eigenvalue weighted by Crippen LogP contribution is -2.36. The summed E-state index contributed by atoms with van der Waals surface area (Å²) in [5, 5.41) is 14.3. The minimum Gasteiger partial charge on any atom is -0.507 e. The van der Waals surface area contributed by atoms with Gasteiger partial charge >= 0.3 is 0 Å². The lowest BCUT2D eigenvalue weighted by atomic mass is 10.2. The van der Waals surface area contributed by atoms with Crippen molar-refractivity contribution in [1.29, 1.82) is 0 Å². The van der Waals surface area contributed by atoms with E-state index in [0.29, 0.717) is 31.9 Å². The lowest BCUT2D eigenvalue weighted by molar-refractivity contribution is 0.0518. The summed E-state index contributed by atoms with van der Waals surface area (Å²) in [6.45, 7) is 12.7. The van der Waals surface area contributed by atoms with Gasteiger partial charge in [-0.1, -0.05) is 0 Å². The van der Waals surface area contributed by atoms with Gasteiger partial charge in [-0.2, -0.15) is 10.1 Å². The predicted octanol–water partition coefficient (Wildman–Crippen LogP) is 2.71. The Hall–Kier alpha value is -2.94. The monoisotopic (exact) mass is 404 g/mol. The number of hydrogen-bond acceptors (Lipinski definition) is 6. The quantitative estimate of drug-likeness (QED) is 0.415. The number of morpholine rings is 1. The fourth-order valence-electron chi connectivity index (χ4n) is 2.92. The van der Waals surface area contributed by atoms with Crippen LogP contribution in [-0.2, 0) is 4.74 Å². The second-order valence-electron chi connectivity index (χ2n) is 6.34. The van der Waals surface area contributed by atoms with Crippen LogP contribution in [0.2, 0.25) is 0 Å². The number of allylic oxidation sites excluding steroid dienone is 1. The Kier molecular flexibility index (Phi) is 8.60. The second-order valence-corrected chi connectivity index (χ2v) is 6.34. The number of benzene rings is 1. The van der Waals surface area contributed by atoms with Crippen molar-refractivity contribution >= 4 is 24.6 Å². The topological polar surface area (TPSA) is 85.0 Å². The molecule has 2 rings (SSSR count). The molecule has 0 unspecified atom stereocenters. The minimum absolute atomic E-state index is 0.0546. The summed E-state index contributed by atoms with van der Waals surface area (Å²) >= 11 is 0. The molecule has 1 saturated heterocycles. The fraction of sp³-hybridized carbons (Fsp3) is 0.450. The van der Waals surface area contributed by atoms with Crippen molar-refractivity contribution in [2.45, 2.75) is 20.8 Å². The molecule has 0 saturated carbocycles. The molecule has 9 heteroatoms. The highest BCUT2D eigenvalue weighted by Crippen LogP contribution is 2.23. The highest BCUT2D eigenvalue weighted by molar-refractivity contribution is 5.88. The van der Waals surface area contributed by atoms with E-state index in [9.17, 15) is 9.50 Å². The van der Waals surface area contributed by atoms with E-state index in [1.807, 2.05) is 6.07 Å². The van der Waals surface area contributed by atoms with Gasteiger partial charge in [-0.3, -0.25) is 0 Å². The standard InChI is InChI=1S/C20H29FN6O2/c1-5-26(6-2)17-8-7-16(18(28)13-17)14-23-25-20(22-4)24-19(15(3)21)27-9-11-29-12-10-27/h7-8,13-14,28H,4-6,9-12H2,1-3H3,(H,24,25)/b19-15-,23-14-. The summed E-state index contributed by atoms with van der Waals surface area (Å²) in [6, 6.07) is 5.39. The third-order valence-corrected chi connectivity index (χ3v) is 4.49. The van der Waals surface area contributed by atoms with Crippen LogP contribution in [-0.4, -0.2) is 68.3 Å². The first-order valence-electron chi connectivity index (χ1n) is 9.61. The third-order valence-electron chi connectivity index (χ3n) is 4.49. The van der Waals surface area contributed by atoms with Gasteiger partial charge in [0.15, 0.2) is 5.82 Å². The molecule has 0 amide bonds. The van der Waals surface area contributed by atoms with Gasteiger partial charge in [0, 0.05) is 43.5 Å². The van der Waals surface area contributed by atoms with E-state index in [0.717, 1.165) is 18.8 Å². The summed E-state index contributed by atoms with van der Waals surface area (Å²) in [5.74, 6) is -0.0919. The smallest absolute Gasteiger partial charge is 0.244 e. The average Bonchev–Trinajstić information content (AvgIpc) is 2.73. The summed E-state index contributed by atoms with van der Waals surface area (Å²) in [4.78, 5) is 11.9. The number of ether oxygens (including phenoxy) is 1. The zero-order valence-electron chi connectivity index (χ0n) is 17.2. The van der Waals surface area contributed by atoms with Gasteiger partial charge in [-0.05, 0) is 39.6 Å². The van der Waals surface area contributed by atoms with Crippen molar-refractivity contribution in [3.8, 4) is 5.75 Å². The predicted molar refractivity (Wildman–Crippen MR) is 116 cm³/mol. The Morgan fingerprint density at radius 1 is 1.34 bits per heavy atom. The molecule has 1 aromatic carbocycles. The van der Waals surface area contributed by atoms with Crippen LogP contribution in [0.4, 0.5) is 10.1 Å². The highest BCUT2D eigenvalue weighted by Gasteiger charge is 2.16. The number of phenolic OH excluding ortho intramolecular Hbond substituents is 1. The summed E-state index contributed by atoms with van der Waals surface area (Å²) in [7, 11) is 0. The molecule has 1 fully saturated rings. The second kappa shape index (κ2) is 11.2. The van der Waals surface area contributed by atoms with Crippen LogP contribution in [0.15, 0.2) is 44.9 Å². The van der Waals surface area contributed by atoms with Gasteiger partial charge in [-0.25, -0.2) is 14.8 Å².